The average molecular weight is 209 g/mol. The van der Waals surface area contributed by atoms with Crippen molar-refractivity contribution in [2.75, 3.05) is 18.1 Å². The highest BCUT2D eigenvalue weighted by Crippen LogP contribution is 2.09. The zero-order chi connectivity index (χ0) is 10.5. The van der Waals surface area contributed by atoms with E-state index in [2.05, 4.69) is 0 Å². The lowest BCUT2D eigenvalue weighted by molar-refractivity contribution is 0.0660. The van der Waals surface area contributed by atoms with E-state index in [1.54, 1.807) is 6.92 Å². The van der Waals surface area contributed by atoms with Gasteiger partial charge in [0.15, 0.2) is 0 Å². The zero-order valence-electron chi connectivity index (χ0n) is 8.28. The summed E-state index contributed by atoms with van der Waals surface area (Å²) in [6.45, 7) is 3.46. The normalized spacial score (nSPS) is 16.9. The third kappa shape index (κ3) is 6.01. The number of hydrogen-bond acceptors (Lipinski definition) is 4. The summed E-state index contributed by atoms with van der Waals surface area (Å²) in [6.07, 6.45) is 0.832. The molecule has 0 aromatic carbocycles. The molecule has 0 bridgehead atoms. The second-order valence-corrected chi connectivity index (χ2v) is 5.91. The molecule has 80 valence electrons. The van der Waals surface area contributed by atoms with Gasteiger partial charge in [0.05, 0.1) is 11.4 Å². The first-order chi connectivity index (χ1) is 5.83. The maximum Gasteiger partial charge on any atom is 0.150 e. The number of aliphatic hydroxyl groups is 1. The van der Waals surface area contributed by atoms with E-state index in [-0.39, 0.29) is 24.5 Å². The van der Waals surface area contributed by atoms with Crippen LogP contribution in [-0.2, 0) is 9.84 Å². The first-order valence-corrected chi connectivity index (χ1v) is 6.28. The summed E-state index contributed by atoms with van der Waals surface area (Å²) in [5.41, 5.74) is 4.21. The third-order valence-corrected chi connectivity index (χ3v) is 3.76. The minimum Gasteiger partial charge on any atom is -0.389 e. The maximum atomic E-state index is 11.2. The molecular weight excluding hydrogens is 190 g/mol. The van der Waals surface area contributed by atoms with Gasteiger partial charge in [-0.1, -0.05) is 6.92 Å². The third-order valence-electron chi connectivity index (χ3n) is 1.91. The van der Waals surface area contributed by atoms with Gasteiger partial charge in [-0.05, 0) is 19.8 Å². The van der Waals surface area contributed by atoms with Crippen LogP contribution in [0, 0.1) is 0 Å². The Morgan fingerprint density at radius 3 is 2.31 bits per heavy atom. The van der Waals surface area contributed by atoms with Crippen LogP contribution in [0.15, 0.2) is 0 Å². The molecule has 0 amide bonds. The van der Waals surface area contributed by atoms with Crippen molar-refractivity contribution >= 4 is 9.84 Å². The Kier molecular flexibility index (Phi) is 4.88. The summed E-state index contributed by atoms with van der Waals surface area (Å²) >= 11 is 0. The molecule has 0 rings (SSSR count). The van der Waals surface area contributed by atoms with E-state index < -0.39 is 15.4 Å². The van der Waals surface area contributed by atoms with Crippen molar-refractivity contribution in [3.8, 4) is 0 Å². The molecule has 1 atom stereocenters. The Morgan fingerprint density at radius 1 is 1.38 bits per heavy atom. The fraction of sp³-hybridized carbons (Fsp3) is 1.00. The number of hydrogen-bond donors (Lipinski definition) is 2. The molecule has 5 heteroatoms. The molecule has 0 aromatic heterocycles. The SMILES string of the molecule is CCCS(=O)(=O)CCC(C)(O)CN. The second kappa shape index (κ2) is 4.93. The van der Waals surface area contributed by atoms with Crippen LogP contribution in [0.3, 0.4) is 0 Å². The number of rotatable bonds is 6. The van der Waals surface area contributed by atoms with Crippen molar-refractivity contribution in [3.63, 3.8) is 0 Å². The fourth-order valence-corrected chi connectivity index (χ4v) is 2.47. The molecule has 0 saturated carbocycles. The minimum absolute atomic E-state index is 0.0189. The largest absolute Gasteiger partial charge is 0.389 e. The van der Waals surface area contributed by atoms with Crippen molar-refractivity contribution in [1.29, 1.82) is 0 Å². The lowest BCUT2D eigenvalue weighted by Gasteiger charge is -2.20. The van der Waals surface area contributed by atoms with Crippen LogP contribution in [0.2, 0.25) is 0 Å². The highest BCUT2D eigenvalue weighted by molar-refractivity contribution is 7.91. The summed E-state index contributed by atoms with van der Waals surface area (Å²) in [4.78, 5) is 0. The van der Waals surface area contributed by atoms with Gasteiger partial charge in [0.25, 0.3) is 0 Å². The van der Waals surface area contributed by atoms with Gasteiger partial charge in [-0.3, -0.25) is 0 Å². The predicted octanol–water partition coefficient (Wildman–Crippen LogP) is -0.0890. The summed E-state index contributed by atoms with van der Waals surface area (Å²) in [5.74, 6) is 0.207. The molecular formula is C8H19NO3S. The van der Waals surface area contributed by atoms with Gasteiger partial charge >= 0.3 is 0 Å². The molecule has 1 unspecified atom stereocenters. The van der Waals surface area contributed by atoms with E-state index in [1.807, 2.05) is 6.92 Å². The maximum absolute atomic E-state index is 11.2. The van der Waals surface area contributed by atoms with Crippen molar-refractivity contribution in [1.82, 2.24) is 0 Å². The molecule has 0 radical (unpaired) electrons. The first kappa shape index (κ1) is 12.9. The van der Waals surface area contributed by atoms with E-state index in [0.29, 0.717) is 6.42 Å². The van der Waals surface area contributed by atoms with Crippen LogP contribution in [0.4, 0.5) is 0 Å². The van der Waals surface area contributed by atoms with E-state index in [4.69, 9.17) is 5.73 Å². The van der Waals surface area contributed by atoms with Crippen LogP contribution in [0.1, 0.15) is 26.7 Å². The molecule has 0 aliphatic rings. The minimum atomic E-state index is -2.99. The molecule has 3 N–H and O–H groups in total. The predicted molar refractivity (Wildman–Crippen MR) is 53.2 cm³/mol. The van der Waals surface area contributed by atoms with Crippen LogP contribution in [-0.4, -0.2) is 37.2 Å². The summed E-state index contributed by atoms with van der Waals surface area (Å²) in [7, 11) is -2.99. The Morgan fingerprint density at radius 2 is 1.92 bits per heavy atom. The van der Waals surface area contributed by atoms with Crippen molar-refractivity contribution < 1.29 is 13.5 Å². The number of sulfone groups is 1. The van der Waals surface area contributed by atoms with Gasteiger partial charge in [0.2, 0.25) is 0 Å². The first-order valence-electron chi connectivity index (χ1n) is 4.46. The Labute approximate surface area is 80.1 Å². The fourth-order valence-electron chi connectivity index (χ4n) is 0.891. The van der Waals surface area contributed by atoms with Crippen molar-refractivity contribution in [2.24, 2.45) is 5.73 Å². The molecule has 13 heavy (non-hydrogen) atoms. The van der Waals surface area contributed by atoms with Crippen molar-refractivity contribution in [2.45, 2.75) is 32.3 Å². The summed E-state index contributed by atoms with van der Waals surface area (Å²) in [5, 5.41) is 9.47. The average Bonchev–Trinajstić information content (AvgIpc) is 2.02. The van der Waals surface area contributed by atoms with Gasteiger partial charge < -0.3 is 10.8 Å². The van der Waals surface area contributed by atoms with Crippen LogP contribution < -0.4 is 5.73 Å². The highest BCUT2D eigenvalue weighted by Gasteiger charge is 2.21. The van der Waals surface area contributed by atoms with Crippen LogP contribution >= 0.6 is 0 Å². The monoisotopic (exact) mass is 209 g/mol. The molecule has 4 nitrogen and oxygen atoms in total. The van der Waals surface area contributed by atoms with E-state index >= 15 is 0 Å². The van der Waals surface area contributed by atoms with Gasteiger partial charge in [-0.15, -0.1) is 0 Å². The van der Waals surface area contributed by atoms with Gasteiger partial charge in [-0.25, -0.2) is 8.42 Å². The quantitative estimate of drug-likeness (QED) is 0.640. The molecule has 0 fully saturated rings. The molecule has 0 aliphatic heterocycles. The van der Waals surface area contributed by atoms with E-state index in [1.165, 1.54) is 0 Å². The van der Waals surface area contributed by atoms with E-state index in [0.717, 1.165) is 0 Å². The van der Waals surface area contributed by atoms with Gasteiger partial charge in [0, 0.05) is 12.3 Å². The van der Waals surface area contributed by atoms with Crippen LogP contribution in [0.25, 0.3) is 0 Å². The van der Waals surface area contributed by atoms with Crippen molar-refractivity contribution in [3.05, 3.63) is 0 Å². The number of nitrogens with two attached hydrogens (primary N) is 1. The molecule has 0 heterocycles. The Bertz CT molecular complexity index is 234. The van der Waals surface area contributed by atoms with Gasteiger partial charge in [-0.2, -0.15) is 0 Å². The standard InChI is InChI=1S/C8H19NO3S/c1-3-5-13(11,12)6-4-8(2,10)7-9/h10H,3-7,9H2,1-2H3. The summed E-state index contributed by atoms with van der Waals surface area (Å²) in [6, 6.07) is 0. The van der Waals surface area contributed by atoms with Gasteiger partial charge in [0.1, 0.15) is 9.84 Å². The second-order valence-electron chi connectivity index (χ2n) is 3.60. The smallest absolute Gasteiger partial charge is 0.150 e. The molecule has 0 spiro atoms. The lowest BCUT2D eigenvalue weighted by Crippen LogP contribution is -2.36. The molecule has 0 saturated heterocycles. The van der Waals surface area contributed by atoms with Crippen LogP contribution in [0.5, 0.6) is 0 Å². The Balaban J connectivity index is 4.02. The molecule has 0 aromatic rings. The van der Waals surface area contributed by atoms with E-state index in [9.17, 15) is 13.5 Å². The zero-order valence-corrected chi connectivity index (χ0v) is 9.10. The lowest BCUT2D eigenvalue weighted by atomic mass is 10.1. The highest BCUT2D eigenvalue weighted by atomic mass is 32.2. The summed E-state index contributed by atoms with van der Waals surface area (Å²) < 4.78 is 22.5. The Hall–Kier alpha value is -0.130. The topological polar surface area (TPSA) is 80.4 Å². The molecule has 0 aliphatic carbocycles.